The van der Waals surface area contributed by atoms with Crippen molar-refractivity contribution in [2.75, 3.05) is 38.0 Å². The van der Waals surface area contributed by atoms with Gasteiger partial charge in [0.1, 0.15) is 18.2 Å². The van der Waals surface area contributed by atoms with Gasteiger partial charge in [-0.3, -0.25) is 14.5 Å². The molecule has 1 fully saturated rings. The molecule has 5 rings (SSSR count). The van der Waals surface area contributed by atoms with E-state index in [0.717, 1.165) is 51.2 Å². The number of aliphatic hydroxyl groups is 1. The fraction of sp³-hybridized carbons (Fsp3) is 0.484. The van der Waals surface area contributed by atoms with E-state index in [1.165, 1.54) is 17.5 Å². The SMILES string of the molecule is CC(C)C(=O)N1CCC(Nc2cc(C(=O)NC[C@H](O)CN3CCc4cc(OCc5cnco5)ccc4C3)ccn2)CC1.S. The summed E-state index contributed by atoms with van der Waals surface area (Å²) in [6.07, 6.45) is 6.47. The summed E-state index contributed by atoms with van der Waals surface area (Å²) >= 11 is 0. The van der Waals surface area contributed by atoms with Crippen LogP contribution >= 0.6 is 13.5 Å². The van der Waals surface area contributed by atoms with Crippen molar-refractivity contribution in [1.29, 1.82) is 0 Å². The van der Waals surface area contributed by atoms with Crippen molar-refractivity contribution in [3.8, 4) is 5.75 Å². The molecule has 0 saturated carbocycles. The first-order chi connectivity index (χ1) is 20.3. The van der Waals surface area contributed by atoms with Crippen LogP contribution in [0.1, 0.15) is 53.9 Å². The minimum atomic E-state index is -0.696. The lowest BCUT2D eigenvalue weighted by atomic mass is 9.99. The maximum atomic E-state index is 12.8. The Hall–Kier alpha value is -3.61. The molecule has 2 aliphatic rings. The highest BCUT2D eigenvalue weighted by molar-refractivity contribution is 7.59. The van der Waals surface area contributed by atoms with Gasteiger partial charge in [-0.15, -0.1) is 0 Å². The molecule has 0 bridgehead atoms. The number of hydrogen-bond acceptors (Lipinski definition) is 9. The van der Waals surface area contributed by atoms with Crippen LogP contribution < -0.4 is 15.4 Å². The molecular weight excluding hydrogens is 568 g/mol. The Morgan fingerprint density at radius 3 is 2.70 bits per heavy atom. The Balaban J connectivity index is 0.00000423. The van der Waals surface area contributed by atoms with Gasteiger partial charge in [-0.25, -0.2) is 9.97 Å². The summed E-state index contributed by atoms with van der Waals surface area (Å²) < 4.78 is 11.0. The fourth-order valence-corrected chi connectivity index (χ4v) is 5.45. The number of aromatic nitrogens is 2. The second-order valence-electron chi connectivity index (χ2n) is 11.4. The number of carbonyl (C=O) groups is 2. The largest absolute Gasteiger partial charge is 0.486 e. The van der Waals surface area contributed by atoms with E-state index in [9.17, 15) is 14.7 Å². The highest BCUT2D eigenvalue weighted by atomic mass is 32.1. The molecule has 3 aromatic rings. The fourth-order valence-electron chi connectivity index (χ4n) is 5.45. The van der Waals surface area contributed by atoms with E-state index in [1.54, 1.807) is 24.5 Å². The summed E-state index contributed by atoms with van der Waals surface area (Å²) in [7, 11) is 0. The molecule has 11 nitrogen and oxygen atoms in total. The number of pyridine rings is 1. The Morgan fingerprint density at radius 2 is 1.95 bits per heavy atom. The third-order valence-corrected chi connectivity index (χ3v) is 7.78. The number of benzene rings is 1. The maximum absolute atomic E-state index is 12.8. The van der Waals surface area contributed by atoms with Crippen molar-refractivity contribution in [2.24, 2.45) is 5.92 Å². The second kappa shape index (κ2) is 15.2. The van der Waals surface area contributed by atoms with E-state index in [0.29, 0.717) is 30.3 Å². The number of aliphatic hydroxyl groups excluding tert-OH is 1. The Morgan fingerprint density at radius 1 is 1.14 bits per heavy atom. The van der Waals surface area contributed by atoms with Crippen LogP contribution in [0.25, 0.3) is 0 Å². The molecule has 1 saturated heterocycles. The van der Waals surface area contributed by atoms with Gasteiger partial charge in [0.05, 0.1) is 12.3 Å². The molecule has 2 aliphatic heterocycles. The molecule has 2 amide bonds. The molecule has 2 aromatic heterocycles. The third-order valence-electron chi connectivity index (χ3n) is 7.78. The number of carbonyl (C=O) groups excluding carboxylic acids is 2. The van der Waals surface area contributed by atoms with Gasteiger partial charge in [-0.1, -0.05) is 19.9 Å². The Labute approximate surface area is 259 Å². The van der Waals surface area contributed by atoms with Crippen molar-refractivity contribution in [3.63, 3.8) is 0 Å². The number of nitrogens with zero attached hydrogens (tertiary/aromatic N) is 4. The van der Waals surface area contributed by atoms with Crippen molar-refractivity contribution in [2.45, 2.75) is 58.4 Å². The number of β-amino-alcohol motifs (C(OH)–C–C–N with tert-alkyl or cyclic N) is 1. The lowest BCUT2D eigenvalue weighted by molar-refractivity contribution is -0.135. The van der Waals surface area contributed by atoms with Crippen LogP contribution in [-0.4, -0.2) is 81.6 Å². The van der Waals surface area contributed by atoms with E-state index in [4.69, 9.17) is 9.15 Å². The van der Waals surface area contributed by atoms with Gasteiger partial charge in [0.15, 0.2) is 12.2 Å². The smallest absolute Gasteiger partial charge is 0.251 e. The number of piperidine rings is 1. The quantitative estimate of drug-likeness (QED) is 0.300. The molecule has 232 valence electrons. The molecule has 12 heteroatoms. The number of rotatable bonds is 11. The van der Waals surface area contributed by atoms with Crippen molar-refractivity contribution >= 4 is 31.1 Å². The molecule has 1 atom stereocenters. The maximum Gasteiger partial charge on any atom is 0.251 e. The molecule has 3 N–H and O–H groups in total. The second-order valence-corrected chi connectivity index (χ2v) is 11.4. The molecule has 0 unspecified atom stereocenters. The number of fused-ring (bicyclic) bond motifs is 1. The first-order valence-electron chi connectivity index (χ1n) is 14.7. The van der Waals surface area contributed by atoms with Crippen LogP contribution in [0.2, 0.25) is 0 Å². The van der Waals surface area contributed by atoms with E-state index in [1.807, 2.05) is 24.8 Å². The van der Waals surface area contributed by atoms with Crippen molar-refractivity contribution in [3.05, 3.63) is 71.6 Å². The highest BCUT2D eigenvalue weighted by Crippen LogP contribution is 2.25. The zero-order chi connectivity index (χ0) is 29.5. The Bertz CT molecular complexity index is 1350. The highest BCUT2D eigenvalue weighted by Gasteiger charge is 2.25. The summed E-state index contributed by atoms with van der Waals surface area (Å²) in [5.74, 6) is 2.05. The van der Waals surface area contributed by atoms with Gasteiger partial charge < -0.3 is 29.8 Å². The lowest BCUT2D eigenvalue weighted by Gasteiger charge is -2.33. The summed E-state index contributed by atoms with van der Waals surface area (Å²) in [6.45, 7) is 7.78. The van der Waals surface area contributed by atoms with Gasteiger partial charge in [0, 0.05) is 63.0 Å². The first-order valence-corrected chi connectivity index (χ1v) is 14.7. The number of hydrogen-bond donors (Lipinski definition) is 3. The minimum Gasteiger partial charge on any atom is -0.486 e. The van der Waals surface area contributed by atoms with Gasteiger partial charge in [0.2, 0.25) is 5.91 Å². The van der Waals surface area contributed by atoms with Crippen LogP contribution in [-0.2, 0) is 24.4 Å². The molecule has 1 aromatic carbocycles. The standard InChI is InChI=1S/C31H40N6O5.H2S/c1-21(2)31(40)37-11-7-25(8-12-37)35-29-14-23(5-9-33-29)30(39)34-15-26(38)18-36-10-6-22-13-27(4-3-24(22)17-36)41-19-28-16-32-20-42-28;/h3-5,9,13-14,16,20-21,25-26,38H,6-8,10-12,15,17-19H2,1-2H3,(H,33,35)(H,34,39);1H2/t26-;/m0./s1. The lowest BCUT2D eigenvalue weighted by Crippen LogP contribution is -2.44. The third kappa shape index (κ3) is 8.94. The van der Waals surface area contributed by atoms with Crippen LogP contribution in [0.3, 0.4) is 0 Å². The molecular formula is C31H42N6O5S. The van der Waals surface area contributed by atoms with Crippen LogP contribution in [0.5, 0.6) is 5.75 Å². The van der Waals surface area contributed by atoms with Gasteiger partial charge in [0.25, 0.3) is 5.91 Å². The molecule has 0 radical (unpaired) electrons. The molecule has 43 heavy (non-hydrogen) atoms. The topological polar surface area (TPSA) is 133 Å². The van der Waals surface area contributed by atoms with Gasteiger partial charge >= 0.3 is 0 Å². The summed E-state index contributed by atoms with van der Waals surface area (Å²) in [5, 5.41) is 16.9. The summed E-state index contributed by atoms with van der Waals surface area (Å²) in [4.78, 5) is 37.5. The van der Waals surface area contributed by atoms with Gasteiger partial charge in [-0.05, 0) is 54.7 Å². The minimum absolute atomic E-state index is 0. The average molecular weight is 611 g/mol. The van der Waals surface area contributed by atoms with Crippen molar-refractivity contribution in [1.82, 2.24) is 25.1 Å². The van der Waals surface area contributed by atoms with Crippen LogP contribution in [0, 0.1) is 5.92 Å². The first kappa shape index (κ1) is 32.3. The van der Waals surface area contributed by atoms with Crippen LogP contribution in [0.4, 0.5) is 5.82 Å². The monoisotopic (exact) mass is 610 g/mol. The van der Waals surface area contributed by atoms with Gasteiger partial charge in [-0.2, -0.15) is 13.5 Å². The predicted octanol–water partition coefficient (Wildman–Crippen LogP) is 2.97. The van der Waals surface area contributed by atoms with Crippen molar-refractivity contribution < 1.29 is 23.8 Å². The predicted molar refractivity (Wildman–Crippen MR) is 167 cm³/mol. The van der Waals surface area contributed by atoms with E-state index >= 15 is 0 Å². The Kier molecular flexibility index (Phi) is 11.4. The normalized spacial score (nSPS) is 16.2. The summed E-state index contributed by atoms with van der Waals surface area (Å²) in [5.41, 5.74) is 2.93. The van der Waals surface area contributed by atoms with Crippen LogP contribution in [0.15, 0.2) is 53.5 Å². The van der Waals surface area contributed by atoms with E-state index in [-0.39, 0.29) is 43.8 Å². The van der Waals surface area contributed by atoms with E-state index in [2.05, 4.69) is 37.6 Å². The summed E-state index contributed by atoms with van der Waals surface area (Å²) in [6, 6.07) is 9.68. The number of anilines is 1. The number of likely N-dealkylation sites (tertiary alicyclic amines) is 1. The number of ether oxygens (including phenoxy) is 1. The number of amides is 2. The van der Waals surface area contributed by atoms with E-state index < -0.39 is 6.10 Å². The number of oxazole rings is 1. The molecule has 0 spiro atoms. The molecule has 4 heterocycles. The zero-order valence-electron chi connectivity index (χ0n) is 24.8. The average Bonchev–Trinajstić information content (AvgIpc) is 3.53. The zero-order valence-corrected chi connectivity index (χ0v) is 25.8. The molecule has 0 aliphatic carbocycles. The number of nitrogens with one attached hydrogen (secondary N) is 2.